The van der Waals surface area contributed by atoms with Crippen molar-refractivity contribution in [2.75, 3.05) is 11.9 Å². The number of aromatic nitrogens is 1. The number of carbonyl (C=O) groups excluding carboxylic acids is 1. The first-order chi connectivity index (χ1) is 12.3. The summed E-state index contributed by atoms with van der Waals surface area (Å²) in [5, 5.41) is 6.22. The molecule has 0 aliphatic heterocycles. The topological polar surface area (TPSA) is 63.1 Å². The molecule has 0 bridgehead atoms. The largest absolute Gasteiger partial charge is 0.385 e. The highest BCUT2D eigenvalue weighted by Crippen LogP contribution is 2.21. The van der Waals surface area contributed by atoms with Gasteiger partial charge in [-0.2, -0.15) is 0 Å². The number of anilines is 1. The predicted molar refractivity (Wildman–Crippen MR) is 107 cm³/mol. The van der Waals surface area contributed by atoms with Crippen molar-refractivity contribution in [1.82, 2.24) is 9.88 Å². The van der Waals surface area contributed by atoms with Crippen LogP contribution in [0.15, 0.2) is 23.0 Å². The number of aryl methyl sites for hydroxylation is 2. The summed E-state index contributed by atoms with van der Waals surface area (Å²) in [5.74, 6) is -0.159. The molecule has 0 radical (unpaired) electrons. The molecular formula is C21H29N3O2. The van der Waals surface area contributed by atoms with Crippen molar-refractivity contribution in [3.8, 4) is 0 Å². The number of hydrogen-bond acceptors (Lipinski definition) is 3. The second kappa shape index (κ2) is 8.21. The normalized spacial score (nSPS) is 10.7. The van der Waals surface area contributed by atoms with Gasteiger partial charge in [-0.25, -0.2) is 0 Å². The molecule has 2 N–H and O–H groups in total. The molecule has 0 saturated heterocycles. The fourth-order valence-corrected chi connectivity index (χ4v) is 3.39. The van der Waals surface area contributed by atoms with E-state index in [-0.39, 0.29) is 17.9 Å². The second-order valence-electron chi connectivity index (χ2n) is 6.66. The van der Waals surface area contributed by atoms with Crippen molar-refractivity contribution >= 4 is 11.6 Å². The maximum Gasteiger partial charge on any atom is 0.251 e. The molecule has 5 heteroatoms. The molecule has 140 valence electrons. The molecule has 2 aromatic rings. The summed E-state index contributed by atoms with van der Waals surface area (Å²) in [6, 6.07) is 5.57. The van der Waals surface area contributed by atoms with Crippen LogP contribution in [-0.4, -0.2) is 17.0 Å². The number of pyridine rings is 1. The van der Waals surface area contributed by atoms with Crippen LogP contribution >= 0.6 is 0 Å². The Labute approximate surface area is 155 Å². The number of rotatable bonds is 6. The van der Waals surface area contributed by atoms with Crippen LogP contribution in [0.5, 0.6) is 0 Å². The Hall–Kier alpha value is -2.56. The lowest BCUT2D eigenvalue weighted by Crippen LogP contribution is -2.29. The third-order valence-corrected chi connectivity index (χ3v) is 4.81. The number of nitrogens with zero attached hydrogens (tertiary/aromatic N) is 1. The third-order valence-electron chi connectivity index (χ3n) is 4.81. The smallest absolute Gasteiger partial charge is 0.251 e. The average Bonchev–Trinajstić information content (AvgIpc) is 2.57. The van der Waals surface area contributed by atoms with Crippen molar-refractivity contribution < 1.29 is 4.79 Å². The van der Waals surface area contributed by atoms with Crippen LogP contribution in [0.4, 0.5) is 5.69 Å². The van der Waals surface area contributed by atoms with Crippen LogP contribution in [0.1, 0.15) is 52.3 Å². The van der Waals surface area contributed by atoms with Crippen molar-refractivity contribution in [3.63, 3.8) is 0 Å². The van der Waals surface area contributed by atoms with Gasteiger partial charge in [0, 0.05) is 53.9 Å². The van der Waals surface area contributed by atoms with E-state index in [1.807, 2.05) is 53.7 Å². The van der Waals surface area contributed by atoms with Crippen molar-refractivity contribution in [3.05, 3.63) is 62.1 Å². The van der Waals surface area contributed by atoms with Crippen LogP contribution < -0.4 is 16.1 Å². The molecule has 1 aromatic heterocycles. The van der Waals surface area contributed by atoms with Gasteiger partial charge in [0.1, 0.15) is 0 Å². The number of amides is 1. The summed E-state index contributed by atoms with van der Waals surface area (Å²) in [5.41, 5.74) is 6.02. The molecule has 0 fully saturated rings. The number of nitrogens with one attached hydrogen (secondary N) is 2. The minimum Gasteiger partial charge on any atom is -0.385 e. The van der Waals surface area contributed by atoms with Crippen molar-refractivity contribution in [2.24, 2.45) is 0 Å². The molecule has 0 spiro atoms. The summed E-state index contributed by atoms with van der Waals surface area (Å²) >= 11 is 0. The fraction of sp³-hybridized carbons (Fsp3) is 0.429. The van der Waals surface area contributed by atoms with Gasteiger partial charge in [-0.15, -0.1) is 0 Å². The van der Waals surface area contributed by atoms with E-state index in [1.165, 1.54) is 0 Å². The zero-order valence-corrected chi connectivity index (χ0v) is 16.6. The number of benzene rings is 1. The molecule has 1 amide bonds. The Balaban J connectivity index is 2.29. The molecule has 0 aliphatic rings. The first-order valence-electron chi connectivity index (χ1n) is 9.13. The van der Waals surface area contributed by atoms with Gasteiger partial charge in [0.25, 0.3) is 5.91 Å². The maximum atomic E-state index is 12.7. The van der Waals surface area contributed by atoms with Gasteiger partial charge in [-0.3, -0.25) is 9.59 Å². The Morgan fingerprint density at radius 1 is 1.08 bits per heavy atom. The molecule has 1 aromatic carbocycles. The molecule has 0 atom stereocenters. The minimum absolute atomic E-state index is 0.0284. The van der Waals surface area contributed by atoms with Gasteiger partial charge in [0.15, 0.2) is 5.43 Å². The quantitative estimate of drug-likeness (QED) is 0.834. The first-order valence-corrected chi connectivity index (χ1v) is 9.13. The Morgan fingerprint density at radius 3 is 2.38 bits per heavy atom. The highest BCUT2D eigenvalue weighted by molar-refractivity contribution is 5.97. The standard InChI is InChI=1S/C21H29N3O2/c1-7-22-19-10-13(3)9-17(15(19)5)21(26)23-12-18-16(6)24(8-2)14(4)11-20(18)25/h9-11,22H,7-8,12H2,1-6H3,(H,23,26). The summed E-state index contributed by atoms with van der Waals surface area (Å²) in [6.45, 7) is 13.7. The van der Waals surface area contributed by atoms with Gasteiger partial charge in [-0.1, -0.05) is 0 Å². The number of hydrogen-bond donors (Lipinski definition) is 2. The van der Waals surface area contributed by atoms with E-state index in [0.717, 1.165) is 41.3 Å². The van der Waals surface area contributed by atoms with E-state index in [0.29, 0.717) is 11.1 Å². The summed E-state index contributed by atoms with van der Waals surface area (Å²) in [6.07, 6.45) is 0. The highest BCUT2D eigenvalue weighted by atomic mass is 16.1. The van der Waals surface area contributed by atoms with Crippen LogP contribution in [0.25, 0.3) is 0 Å². The number of carbonyl (C=O) groups is 1. The van der Waals surface area contributed by atoms with Gasteiger partial charge in [0.2, 0.25) is 0 Å². The zero-order valence-electron chi connectivity index (χ0n) is 16.6. The van der Waals surface area contributed by atoms with E-state index >= 15 is 0 Å². The Kier molecular flexibility index (Phi) is 6.24. The Bertz CT molecular complexity index is 882. The minimum atomic E-state index is -0.159. The molecule has 0 saturated carbocycles. The van der Waals surface area contributed by atoms with Gasteiger partial charge in [0.05, 0.1) is 0 Å². The van der Waals surface area contributed by atoms with Crippen LogP contribution in [0.3, 0.4) is 0 Å². The first kappa shape index (κ1) is 19.8. The van der Waals surface area contributed by atoms with E-state index in [2.05, 4.69) is 15.2 Å². The second-order valence-corrected chi connectivity index (χ2v) is 6.66. The summed E-state index contributed by atoms with van der Waals surface area (Å²) in [4.78, 5) is 25.1. The highest BCUT2D eigenvalue weighted by Gasteiger charge is 2.15. The lowest BCUT2D eigenvalue weighted by Gasteiger charge is -2.17. The monoisotopic (exact) mass is 355 g/mol. The lowest BCUT2D eigenvalue weighted by atomic mass is 10.0. The lowest BCUT2D eigenvalue weighted by molar-refractivity contribution is 0.0950. The maximum absolute atomic E-state index is 12.7. The molecule has 0 unspecified atom stereocenters. The molecule has 5 nitrogen and oxygen atoms in total. The van der Waals surface area contributed by atoms with E-state index in [1.54, 1.807) is 6.07 Å². The SMILES string of the molecule is CCNc1cc(C)cc(C(=O)NCc2c(C)n(CC)c(C)cc2=O)c1C. The summed E-state index contributed by atoms with van der Waals surface area (Å²) < 4.78 is 2.09. The molecular weight excluding hydrogens is 326 g/mol. The van der Waals surface area contributed by atoms with Gasteiger partial charge in [-0.05, 0) is 64.8 Å². The molecule has 26 heavy (non-hydrogen) atoms. The van der Waals surface area contributed by atoms with Crippen LogP contribution in [0, 0.1) is 27.7 Å². The van der Waals surface area contributed by atoms with Crippen LogP contribution in [0.2, 0.25) is 0 Å². The molecule has 0 aliphatic carbocycles. The molecule has 1 heterocycles. The van der Waals surface area contributed by atoms with E-state index in [4.69, 9.17) is 0 Å². The molecule has 2 rings (SSSR count). The van der Waals surface area contributed by atoms with E-state index < -0.39 is 0 Å². The third kappa shape index (κ3) is 3.98. The van der Waals surface area contributed by atoms with E-state index in [9.17, 15) is 9.59 Å². The van der Waals surface area contributed by atoms with Crippen molar-refractivity contribution in [2.45, 2.75) is 54.6 Å². The average molecular weight is 355 g/mol. The zero-order chi connectivity index (χ0) is 19.4. The van der Waals surface area contributed by atoms with Gasteiger partial charge >= 0.3 is 0 Å². The predicted octanol–water partition coefficient (Wildman–Crippen LogP) is 3.46. The van der Waals surface area contributed by atoms with Gasteiger partial charge < -0.3 is 15.2 Å². The van der Waals surface area contributed by atoms with Crippen LogP contribution in [-0.2, 0) is 13.1 Å². The fourth-order valence-electron chi connectivity index (χ4n) is 3.39. The summed E-state index contributed by atoms with van der Waals surface area (Å²) in [7, 11) is 0. The Morgan fingerprint density at radius 2 is 1.77 bits per heavy atom. The van der Waals surface area contributed by atoms with Crippen molar-refractivity contribution in [1.29, 1.82) is 0 Å².